The van der Waals surface area contributed by atoms with E-state index >= 15 is 0 Å². The Labute approximate surface area is 273 Å². The van der Waals surface area contributed by atoms with Crippen LogP contribution < -0.4 is 5.32 Å². The van der Waals surface area contributed by atoms with E-state index in [2.05, 4.69) is 78.1 Å². The van der Waals surface area contributed by atoms with Crippen molar-refractivity contribution in [2.24, 2.45) is 9.98 Å². The number of pyridine rings is 1. The van der Waals surface area contributed by atoms with Gasteiger partial charge in [0.2, 0.25) is 0 Å². The van der Waals surface area contributed by atoms with Crippen LogP contribution in [-0.4, -0.2) is 16.7 Å². The molecule has 0 saturated heterocycles. The van der Waals surface area contributed by atoms with Crippen LogP contribution in [0.4, 0.5) is 0 Å². The molecule has 0 fully saturated rings. The minimum absolute atomic E-state index is 0.556. The minimum Gasteiger partial charge on any atom is -0.456 e. The molecule has 9 aromatic rings. The van der Waals surface area contributed by atoms with Gasteiger partial charge in [-0.25, -0.2) is 9.98 Å². The second kappa shape index (κ2) is 9.50. The molecule has 4 heterocycles. The summed E-state index contributed by atoms with van der Waals surface area (Å²) in [7, 11) is 0. The summed E-state index contributed by atoms with van der Waals surface area (Å²) in [6.45, 7) is 0. The van der Waals surface area contributed by atoms with Crippen molar-refractivity contribution in [3.63, 3.8) is 0 Å². The van der Waals surface area contributed by atoms with E-state index < -0.39 is 6.17 Å². The number of nitrogens with zero attached hydrogens (tertiary/aromatic N) is 3. The fourth-order valence-electron chi connectivity index (χ4n) is 7.68. The molecule has 1 N–H and O–H groups in total. The van der Waals surface area contributed by atoms with Crippen LogP contribution in [0.1, 0.15) is 23.0 Å². The van der Waals surface area contributed by atoms with Gasteiger partial charge in [-0.2, -0.15) is 0 Å². The first kappa shape index (κ1) is 25.6. The predicted octanol–water partition coefficient (Wildman–Crippen LogP) is 10.2. The SMILES string of the molecule is c1ccc2c(c1)-c1cccc3cc(C4=NC(c5cccc6oc7ccccc7c56)N=C(c5nccc6oc7ccccc7c56)N4)cc-2c13. The molecule has 48 heavy (non-hydrogen) atoms. The van der Waals surface area contributed by atoms with Crippen LogP contribution in [0, 0.1) is 0 Å². The summed E-state index contributed by atoms with van der Waals surface area (Å²) in [5, 5.41) is 10.1. The maximum absolute atomic E-state index is 6.28. The number of fused-ring (bicyclic) bond motifs is 9. The number of rotatable bonds is 3. The predicted molar refractivity (Wildman–Crippen MR) is 193 cm³/mol. The van der Waals surface area contributed by atoms with Gasteiger partial charge < -0.3 is 14.2 Å². The molecule has 0 saturated carbocycles. The molecule has 224 valence electrons. The topological polar surface area (TPSA) is 75.9 Å². The van der Waals surface area contributed by atoms with Crippen LogP contribution in [0.2, 0.25) is 0 Å². The third kappa shape index (κ3) is 3.54. The Morgan fingerprint density at radius 1 is 0.500 bits per heavy atom. The number of nitrogens with one attached hydrogen (secondary N) is 1. The second-order valence-corrected chi connectivity index (χ2v) is 12.4. The summed E-state index contributed by atoms with van der Waals surface area (Å²) in [5.74, 6) is 1.37. The Morgan fingerprint density at radius 3 is 1.98 bits per heavy atom. The highest BCUT2D eigenvalue weighted by Crippen LogP contribution is 2.47. The lowest BCUT2D eigenvalue weighted by atomic mass is 9.98. The van der Waals surface area contributed by atoms with Crippen LogP contribution >= 0.6 is 0 Å². The molecule has 0 radical (unpaired) electrons. The van der Waals surface area contributed by atoms with E-state index in [-0.39, 0.29) is 0 Å². The lowest BCUT2D eigenvalue weighted by molar-refractivity contribution is 0.667. The molecule has 3 aromatic heterocycles. The van der Waals surface area contributed by atoms with E-state index in [1.165, 1.54) is 33.0 Å². The van der Waals surface area contributed by atoms with Gasteiger partial charge in [0.25, 0.3) is 0 Å². The van der Waals surface area contributed by atoms with Crippen molar-refractivity contribution >= 4 is 66.3 Å². The van der Waals surface area contributed by atoms with Gasteiger partial charge in [-0.05, 0) is 69.4 Å². The van der Waals surface area contributed by atoms with Gasteiger partial charge in [0, 0.05) is 33.5 Å². The summed E-state index contributed by atoms with van der Waals surface area (Å²) in [4.78, 5) is 15.5. The molecule has 2 aliphatic rings. The monoisotopic (exact) mass is 616 g/mol. The lowest BCUT2D eigenvalue weighted by Gasteiger charge is -2.23. The molecule has 1 atom stereocenters. The van der Waals surface area contributed by atoms with Gasteiger partial charge in [-0.15, -0.1) is 0 Å². The van der Waals surface area contributed by atoms with Gasteiger partial charge in [0.1, 0.15) is 33.9 Å². The van der Waals surface area contributed by atoms with Crippen molar-refractivity contribution in [1.29, 1.82) is 0 Å². The van der Waals surface area contributed by atoms with E-state index in [0.29, 0.717) is 5.84 Å². The quantitative estimate of drug-likeness (QED) is 0.214. The van der Waals surface area contributed by atoms with E-state index in [1.54, 1.807) is 6.20 Å². The number of amidine groups is 2. The molecule has 6 aromatic carbocycles. The molecule has 11 rings (SSSR count). The Morgan fingerprint density at radius 2 is 1.15 bits per heavy atom. The summed E-state index contributed by atoms with van der Waals surface area (Å²) in [6, 6.07) is 43.9. The third-order valence-electron chi connectivity index (χ3n) is 9.72. The Balaban J connectivity index is 1.17. The molecule has 0 bridgehead atoms. The van der Waals surface area contributed by atoms with Crippen molar-refractivity contribution in [1.82, 2.24) is 10.3 Å². The normalized spacial score (nSPS) is 15.3. The maximum atomic E-state index is 6.28. The first-order valence-corrected chi connectivity index (χ1v) is 16.0. The van der Waals surface area contributed by atoms with E-state index in [0.717, 1.165) is 66.5 Å². The highest BCUT2D eigenvalue weighted by molar-refractivity contribution is 6.24. The van der Waals surface area contributed by atoms with Crippen LogP contribution in [0.15, 0.2) is 152 Å². The molecule has 1 aliphatic heterocycles. The first-order chi connectivity index (χ1) is 23.8. The minimum atomic E-state index is -0.556. The number of hydrogen-bond donors (Lipinski definition) is 1. The number of para-hydroxylation sites is 2. The van der Waals surface area contributed by atoms with E-state index in [1.807, 2.05) is 54.6 Å². The van der Waals surface area contributed by atoms with Gasteiger partial charge >= 0.3 is 0 Å². The number of hydrogen-bond acceptors (Lipinski definition) is 6. The van der Waals surface area contributed by atoms with Crippen LogP contribution in [0.5, 0.6) is 0 Å². The largest absolute Gasteiger partial charge is 0.456 e. The van der Waals surface area contributed by atoms with Crippen LogP contribution in [-0.2, 0) is 0 Å². The smallest absolute Gasteiger partial charge is 0.170 e. The second-order valence-electron chi connectivity index (χ2n) is 12.4. The van der Waals surface area contributed by atoms with Crippen molar-refractivity contribution in [2.45, 2.75) is 6.17 Å². The fourth-order valence-corrected chi connectivity index (χ4v) is 7.68. The fraction of sp³-hybridized carbons (Fsp3) is 0.0238. The highest BCUT2D eigenvalue weighted by atomic mass is 16.3. The number of aliphatic imine (C=N–C) groups is 2. The third-order valence-corrected chi connectivity index (χ3v) is 9.72. The molecule has 0 spiro atoms. The molecular weight excluding hydrogens is 592 g/mol. The molecule has 1 unspecified atom stereocenters. The summed E-state index contributed by atoms with van der Waals surface area (Å²) >= 11 is 0. The zero-order valence-corrected chi connectivity index (χ0v) is 25.4. The van der Waals surface area contributed by atoms with E-state index in [4.69, 9.17) is 23.8 Å². The number of furan rings is 2. The molecular formula is C42H24N4O2. The molecule has 6 nitrogen and oxygen atoms in total. The van der Waals surface area contributed by atoms with Crippen LogP contribution in [0.3, 0.4) is 0 Å². The maximum Gasteiger partial charge on any atom is 0.170 e. The van der Waals surface area contributed by atoms with Gasteiger partial charge in [-0.3, -0.25) is 4.98 Å². The van der Waals surface area contributed by atoms with Gasteiger partial charge in [-0.1, -0.05) is 91.0 Å². The first-order valence-electron chi connectivity index (χ1n) is 16.0. The summed E-state index contributed by atoms with van der Waals surface area (Å²) in [6.07, 6.45) is 1.23. The van der Waals surface area contributed by atoms with Crippen LogP contribution in [0.25, 0.3) is 76.9 Å². The molecule has 1 aliphatic carbocycles. The number of benzene rings is 6. The van der Waals surface area contributed by atoms with Gasteiger partial charge in [0.15, 0.2) is 12.0 Å². The van der Waals surface area contributed by atoms with Crippen molar-refractivity contribution in [2.75, 3.05) is 0 Å². The average molecular weight is 617 g/mol. The highest BCUT2D eigenvalue weighted by Gasteiger charge is 2.28. The van der Waals surface area contributed by atoms with Gasteiger partial charge in [0.05, 0.1) is 5.39 Å². The average Bonchev–Trinajstić information content (AvgIpc) is 3.82. The zero-order valence-electron chi connectivity index (χ0n) is 25.4. The Kier molecular flexibility index (Phi) is 5.07. The van der Waals surface area contributed by atoms with Crippen molar-refractivity contribution in [3.8, 4) is 22.3 Å². The molecule has 6 heteroatoms. The Hall–Kier alpha value is -6.53. The molecule has 0 amide bonds. The Bertz CT molecular complexity index is 2890. The van der Waals surface area contributed by atoms with Crippen molar-refractivity contribution in [3.05, 3.63) is 150 Å². The van der Waals surface area contributed by atoms with E-state index in [9.17, 15) is 0 Å². The standard InChI is InChI=1S/C42H24N4O2/c1-2-11-26-25(10-1)27-14-7-9-23-21-24(22-31(26)36(23)27)40-44-41(30-15-8-18-34-37(30)28-12-3-5-16-32(28)47-34)46-42(45-40)39-38-29-13-4-6-17-33(29)48-35(38)19-20-43-39/h1-22,41H,(H,44,45,46). The summed E-state index contributed by atoms with van der Waals surface area (Å²) in [5.41, 5.74) is 10.9. The van der Waals surface area contributed by atoms with Crippen molar-refractivity contribution < 1.29 is 8.83 Å². The zero-order chi connectivity index (χ0) is 31.3. The summed E-state index contributed by atoms with van der Waals surface area (Å²) < 4.78 is 12.5. The lowest BCUT2D eigenvalue weighted by Crippen LogP contribution is -2.36. The number of aromatic nitrogens is 1.